The molecule has 286 valence electrons. The van der Waals surface area contributed by atoms with Crippen LogP contribution < -0.4 is 14.8 Å². The third-order valence-electron chi connectivity index (χ3n) is 9.92. The van der Waals surface area contributed by atoms with Crippen molar-refractivity contribution in [1.29, 1.82) is 0 Å². The van der Waals surface area contributed by atoms with Gasteiger partial charge in [-0.3, -0.25) is 14.4 Å². The fourth-order valence-corrected chi connectivity index (χ4v) is 7.05. The second-order valence-corrected chi connectivity index (χ2v) is 13.7. The van der Waals surface area contributed by atoms with Gasteiger partial charge in [-0.05, 0) is 73.1 Å². The number of nitrogens with zero attached hydrogens (tertiary/aromatic N) is 1. The molecule has 2 N–H and O–H groups in total. The Morgan fingerprint density at radius 3 is 1.93 bits per heavy atom. The first kappa shape index (κ1) is 41.7. The highest BCUT2D eigenvalue weighted by Gasteiger charge is 2.42. The summed E-state index contributed by atoms with van der Waals surface area (Å²) in [6.07, 6.45) is 16.1. The molecule has 0 spiro atoms. The highest BCUT2D eigenvalue weighted by atomic mass is 16.5. The van der Waals surface area contributed by atoms with Gasteiger partial charge in [0.1, 0.15) is 28.9 Å². The molecule has 0 aliphatic carbocycles. The number of likely N-dealkylation sites (tertiary alicyclic amines) is 1. The molecular weight excluding hydrogens is 681 g/mol. The van der Waals surface area contributed by atoms with Crippen LogP contribution >= 0.6 is 0 Å². The van der Waals surface area contributed by atoms with Gasteiger partial charge in [0, 0.05) is 38.6 Å². The number of aliphatic hydroxyl groups is 1. The fraction of sp³-hybridized carbons (Fsp3) is 0.444. The zero-order chi connectivity index (χ0) is 38.8. The van der Waals surface area contributed by atoms with Crippen LogP contribution in [-0.2, 0) is 24.7 Å². The summed E-state index contributed by atoms with van der Waals surface area (Å²) in [6.45, 7) is 0.215. The normalized spacial score (nSPS) is 15.8. The van der Waals surface area contributed by atoms with Gasteiger partial charge in [0.15, 0.2) is 0 Å². The van der Waals surface area contributed by atoms with Gasteiger partial charge in [-0.15, -0.1) is 24.7 Å². The van der Waals surface area contributed by atoms with Gasteiger partial charge >= 0.3 is 0 Å². The van der Waals surface area contributed by atoms with Crippen molar-refractivity contribution in [2.75, 3.05) is 27.4 Å². The number of hydrogen-bond donors (Lipinski definition) is 2. The summed E-state index contributed by atoms with van der Waals surface area (Å²) < 4.78 is 18.1. The number of carbonyl (C=O) groups is 3. The number of amides is 2. The van der Waals surface area contributed by atoms with Crippen LogP contribution in [0.3, 0.4) is 0 Å². The molecule has 0 bridgehead atoms. The quantitative estimate of drug-likeness (QED) is 0.0681. The second-order valence-electron chi connectivity index (χ2n) is 13.7. The van der Waals surface area contributed by atoms with Crippen LogP contribution in [0.4, 0.5) is 0 Å². The van der Waals surface area contributed by atoms with Gasteiger partial charge in [0.2, 0.25) is 11.8 Å². The van der Waals surface area contributed by atoms with Crippen molar-refractivity contribution >= 4 is 17.6 Å². The lowest BCUT2D eigenvalue weighted by Crippen LogP contribution is -2.51. The number of nitrogens with one attached hydrogen (secondary N) is 1. The van der Waals surface area contributed by atoms with Gasteiger partial charge in [-0.25, -0.2) is 0 Å². The molecule has 1 fully saturated rings. The summed E-state index contributed by atoms with van der Waals surface area (Å²) in [6, 6.07) is 24.1. The predicted octanol–water partition coefficient (Wildman–Crippen LogP) is 6.59. The zero-order valence-electron chi connectivity index (χ0n) is 31.6. The number of ether oxygens (including phenoxy) is 3. The molecule has 1 aliphatic heterocycles. The van der Waals surface area contributed by atoms with Crippen molar-refractivity contribution < 1.29 is 33.7 Å². The Balaban J connectivity index is 1.59. The Morgan fingerprint density at radius 1 is 0.796 bits per heavy atom. The smallest absolute Gasteiger partial charge is 0.245 e. The number of terminal acetylenes is 2. The summed E-state index contributed by atoms with van der Waals surface area (Å²) >= 11 is 0. The minimum Gasteiger partial charge on any atom is -0.497 e. The van der Waals surface area contributed by atoms with Gasteiger partial charge in [0.25, 0.3) is 0 Å². The fourth-order valence-electron chi connectivity index (χ4n) is 7.05. The van der Waals surface area contributed by atoms with Crippen LogP contribution in [0.5, 0.6) is 11.5 Å². The number of carbonyl (C=O) groups excluding carboxylic acids is 3. The van der Waals surface area contributed by atoms with Crippen LogP contribution in [0, 0.1) is 24.7 Å². The minimum absolute atomic E-state index is 0.0976. The summed E-state index contributed by atoms with van der Waals surface area (Å²) in [5.41, 5.74) is 1.47. The van der Waals surface area contributed by atoms with E-state index in [9.17, 15) is 19.5 Å². The van der Waals surface area contributed by atoms with E-state index in [1.807, 2.05) is 78.9 Å². The van der Waals surface area contributed by atoms with Gasteiger partial charge < -0.3 is 29.5 Å². The maximum Gasteiger partial charge on any atom is 0.245 e. The standard InChI is InChI=1S/C45H54N2O7/c1-5-7-11-19-38(48)20-15-10-16-21-42(46-43(50)22-12-8-6-2)44(51)47-32-39(49)31-37(47)33-54-45(34-17-13-9-14-18-34,35-23-27-40(52-3)28-24-35)36-25-29-41(53-4)30-26-36/h1-2,9,13-14,17-18,23-30,37,39,42,49H,7-8,10-12,15-16,19-22,31-33H2,3-4H3,(H,46,50)/t37-,39+,42?/m0/s1. The number of rotatable bonds is 22. The average molecular weight is 735 g/mol. The third kappa shape index (κ3) is 11.5. The van der Waals surface area contributed by atoms with Crippen molar-refractivity contribution in [3.8, 4) is 36.2 Å². The number of benzene rings is 3. The van der Waals surface area contributed by atoms with E-state index in [1.54, 1.807) is 19.1 Å². The molecule has 1 aliphatic rings. The summed E-state index contributed by atoms with van der Waals surface area (Å²) in [5, 5.41) is 13.9. The summed E-state index contributed by atoms with van der Waals surface area (Å²) in [5.74, 6) is 6.18. The summed E-state index contributed by atoms with van der Waals surface area (Å²) in [7, 11) is 3.24. The molecule has 3 aromatic rings. The first-order chi connectivity index (χ1) is 26.2. The van der Waals surface area contributed by atoms with E-state index in [4.69, 9.17) is 27.1 Å². The largest absolute Gasteiger partial charge is 0.497 e. The molecule has 0 aromatic heterocycles. The second kappa shape index (κ2) is 21.6. The Bertz CT molecular complexity index is 1660. The van der Waals surface area contributed by atoms with E-state index in [2.05, 4.69) is 17.2 Å². The zero-order valence-corrected chi connectivity index (χ0v) is 31.6. The van der Waals surface area contributed by atoms with Crippen LogP contribution in [0.2, 0.25) is 0 Å². The summed E-state index contributed by atoms with van der Waals surface area (Å²) in [4.78, 5) is 41.3. The number of aliphatic hydroxyl groups excluding tert-OH is 1. The molecule has 0 radical (unpaired) electrons. The van der Waals surface area contributed by atoms with Crippen LogP contribution in [0.15, 0.2) is 78.9 Å². The highest BCUT2D eigenvalue weighted by Crippen LogP contribution is 2.42. The van der Waals surface area contributed by atoms with Gasteiger partial charge in [0.05, 0.1) is 33.0 Å². The SMILES string of the molecule is C#CCCCC(=O)CCCCCC(NC(=O)CCCC#C)C(=O)N1C[C@H](O)C[C@H]1COC(c1ccccc1)(c1ccc(OC)cc1)c1ccc(OC)cc1. The van der Waals surface area contributed by atoms with E-state index in [0.29, 0.717) is 75.7 Å². The maximum atomic E-state index is 14.4. The van der Waals surface area contributed by atoms with E-state index in [-0.39, 0.29) is 37.2 Å². The number of hydrogen-bond acceptors (Lipinski definition) is 7. The van der Waals surface area contributed by atoms with E-state index >= 15 is 0 Å². The highest BCUT2D eigenvalue weighted by molar-refractivity contribution is 5.88. The Labute approximate surface area is 320 Å². The van der Waals surface area contributed by atoms with Crippen molar-refractivity contribution in [2.45, 2.75) is 101 Å². The van der Waals surface area contributed by atoms with E-state index in [0.717, 1.165) is 23.1 Å². The third-order valence-corrected chi connectivity index (χ3v) is 9.92. The lowest BCUT2D eigenvalue weighted by atomic mass is 9.80. The molecule has 9 nitrogen and oxygen atoms in total. The molecule has 2 amide bonds. The molecule has 3 atom stereocenters. The first-order valence-electron chi connectivity index (χ1n) is 18.9. The molecule has 54 heavy (non-hydrogen) atoms. The number of unbranched alkanes of at least 4 members (excludes halogenated alkanes) is 4. The van der Waals surface area contributed by atoms with Gasteiger partial charge in [-0.1, -0.05) is 67.4 Å². The molecule has 0 saturated carbocycles. The molecule has 1 saturated heterocycles. The number of ketones is 1. The van der Waals surface area contributed by atoms with Crippen LogP contribution in [0.25, 0.3) is 0 Å². The molecule has 9 heteroatoms. The van der Waals surface area contributed by atoms with Crippen molar-refractivity contribution in [3.63, 3.8) is 0 Å². The number of β-amino-alcohol motifs (C(OH)–C–C–N with tert-alkyl or cyclic N) is 1. The molecular formula is C45H54N2O7. The Morgan fingerprint density at radius 2 is 1.35 bits per heavy atom. The first-order valence-corrected chi connectivity index (χ1v) is 18.9. The maximum absolute atomic E-state index is 14.4. The molecule has 4 rings (SSSR count). The lowest BCUT2D eigenvalue weighted by Gasteiger charge is -2.38. The Kier molecular flexibility index (Phi) is 16.6. The van der Waals surface area contributed by atoms with Crippen LogP contribution in [0.1, 0.15) is 93.7 Å². The minimum atomic E-state index is -1.11. The van der Waals surface area contributed by atoms with Crippen molar-refractivity contribution in [2.24, 2.45) is 0 Å². The van der Waals surface area contributed by atoms with Crippen molar-refractivity contribution in [1.82, 2.24) is 10.2 Å². The molecule has 1 heterocycles. The average Bonchev–Trinajstić information content (AvgIpc) is 3.58. The van der Waals surface area contributed by atoms with Crippen LogP contribution in [-0.4, -0.2) is 73.2 Å². The molecule has 3 aromatic carbocycles. The monoisotopic (exact) mass is 734 g/mol. The Hall–Kier alpha value is -5.09. The topological polar surface area (TPSA) is 114 Å². The van der Waals surface area contributed by atoms with E-state index < -0.39 is 23.8 Å². The van der Waals surface area contributed by atoms with Crippen molar-refractivity contribution in [3.05, 3.63) is 95.6 Å². The molecule has 1 unspecified atom stereocenters. The van der Waals surface area contributed by atoms with Gasteiger partial charge in [-0.2, -0.15) is 0 Å². The number of methoxy groups -OCH3 is 2. The number of Topliss-reactive ketones (excluding diaryl/α,β-unsaturated/α-hetero) is 1. The van der Waals surface area contributed by atoms with E-state index in [1.165, 1.54) is 0 Å². The predicted molar refractivity (Wildman–Crippen MR) is 210 cm³/mol. The lowest BCUT2D eigenvalue weighted by molar-refractivity contribution is -0.139.